The van der Waals surface area contributed by atoms with E-state index in [0.29, 0.717) is 6.54 Å². The number of carboxylic acids is 1. The van der Waals surface area contributed by atoms with Crippen LogP contribution in [0.4, 0.5) is 4.79 Å². The molecule has 1 heterocycles. The van der Waals surface area contributed by atoms with Crippen molar-refractivity contribution in [2.24, 2.45) is 0 Å². The van der Waals surface area contributed by atoms with E-state index in [-0.39, 0.29) is 12.6 Å². The molecule has 0 spiro atoms. The molecule has 0 fully saturated rings. The van der Waals surface area contributed by atoms with Crippen molar-refractivity contribution in [2.75, 3.05) is 27.2 Å². The Kier molecular flexibility index (Phi) is 4.96. The Bertz CT molecular complexity index is 378. The van der Waals surface area contributed by atoms with Gasteiger partial charge in [-0.2, -0.15) is 0 Å². The van der Waals surface area contributed by atoms with Crippen molar-refractivity contribution in [1.29, 1.82) is 0 Å². The van der Waals surface area contributed by atoms with Gasteiger partial charge in [0, 0.05) is 25.5 Å². The maximum Gasteiger partial charge on any atom is 0.323 e. The zero-order chi connectivity index (χ0) is 12.8. The molecule has 0 aliphatic rings. The van der Waals surface area contributed by atoms with Crippen LogP contribution in [0.25, 0.3) is 0 Å². The van der Waals surface area contributed by atoms with Crippen LogP contribution in [0.2, 0.25) is 0 Å². The summed E-state index contributed by atoms with van der Waals surface area (Å²) in [5, 5.41) is 10.6. The van der Waals surface area contributed by atoms with Crippen molar-refractivity contribution in [3.8, 4) is 0 Å². The number of thiophene rings is 1. The summed E-state index contributed by atoms with van der Waals surface area (Å²) in [5.74, 6) is -1.01. The van der Waals surface area contributed by atoms with Gasteiger partial charge in [-0.3, -0.25) is 4.79 Å². The van der Waals surface area contributed by atoms with Crippen LogP contribution in [-0.2, 0) is 11.2 Å². The molecule has 0 unspecified atom stereocenters. The molecule has 1 aromatic rings. The van der Waals surface area contributed by atoms with E-state index in [1.165, 1.54) is 21.7 Å². The van der Waals surface area contributed by atoms with Gasteiger partial charge in [-0.1, -0.05) is 6.07 Å². The van der Waals surface area contributed by atoms with Crippen LogP contribution in [-0.4, -0.2) is 54.1 Å². The lowest BCUT2D eigenvalue weighted by atomic mass is 10.3. The second kappa shape index (κ2) is 6.24. The summed E-state index contributed by atoms with van der Waals surface area (Å²) >= 11 is 1.65. The summed E-state index contributed by atoms with van der Waals surface area (Å²) in [4.78, 5) is 26.1. The molecule has 2 amide bonds. The topological polar surface area (TPSA) is 60.9 Å². The van der Waals surface area contributed by atoms with Crippen molar-refractivity contribution in [1.82, 2.24) is 9.80 Å². The summed E-state index contributed by atoms with van der Waals surface area (Å²) in [6.07, 6.45) is 0.792. The van der Waals surface area contributed by atoms with Crippen molar-refractivity contribution < 1.29 is 14.7 Å². The lowest BCUT2D eigenvalue weighted by molar-refractivity contribution is -0.137. The fourth-order valence-electron chi connectivity index (χ4n) is 1.39. The Morgan fingerprint density at radius 1 is 1.35 bits per heavy atom. The quantitative estimate of drug-likeness (QED) is 0.865. The van der Waals surface area contributed by atoms with Crippen molar-refractivity contribution in [3.05, 3.63) is 22.4 Å². The standard InChI is InChI=1S/C11H16N2O3S/c1-12(6-5-9-4-3-7-17-9)11(16)13(2)8-10(14)15/h3-4,7H,5-6,8H2,1-2H3,(H,14,15). The summed E-state index contributed by atoms with van der Waals surface area (Å²) in [5.41, 5.74) is 0. The van der Waals surface area contributed by atoms with E-state index in [0.717, 1.165) is 6.42 Å². The number of hydrogen-bond donors (Lipinski definition) is 1. The molecular weight excluding hydrogens is 240 g/mol. The number of likely N-dealkylation sites (N-methyl/N-ethyl adjacent to an activating group) is 2. The molecule has 0 saturated heterocycles. The Labute approximate surface area is 104 Å². The number of rotatable bonds is 5. The Morgan fingerprint density at radius 2 is 2.06 bits per heavy atom. The van der Waals surface area contributed by atoms with E-state index in [4.69, 9.17) is 5.11 Å². The minimum Gasteiger partial charge on any atom is -0.480 e. The molecule has 1 N–H and O–H groups in total. The number of carbonyl (C=O) groups is 2. The zero-order valence-electron chi connectivity index (χ0n) is 9.92. The van der Waals surface area contributed by atoms with E-state index in [1.807, 2.05) is 17.5 Å². The van der Waals surface area contributed by atoms with Crippen LogP contribution in [0.15, 0.2) is 17.5 Å². The van der Waals surface area contributed by atoms with Crippen molar-refractivity contribution in [3.63, 3.8) is 0 Å². The average molecular weight is 256 g/mol. The second-order valence-electron chi connectivity index (χ2n) is 3.78. The van der Waals surface area contributed by atoms with Crippen LogP contribution in [0.5, 0.6) is 0 Å². The highest BCUT2D eigenvalue weighted by atomic mass is 32.1. The van der Waals surface area contributed by atoms with Gasteiger partial charge in [0.2, 0.25) is 0 Å². The Balaban J connectivity index is 2.38. The van der Waals surface area contributed by atoms with E-state index in [2.05, 4.69) is 0 Å². The molecule has 94 valence electrons. The number of urea groups is 1. The largest absolute Gasteiger partial charge is 0.480 e. The van der Waals surface area contributed by atoms with Crippen LogP contribution in [0.3, 0.4) is 0 Å². The molecule has 17 heavy (non-hydrogen) atoms. The minimum atomic E-state index is -1.01. The first-order valence-electron chi connectivity index (χ1n) is 5.21. The molecule has 6 heteroatoms. The molecule has 0 atom stereocenters. The maximum atomic E-state index is 11.7. The highest BCUT2D eigenvalue weighted by Gasteiger charge is 2.16. The molecule has 0 aromatic carbocycles. The van der Waals surface area contributed by atoms with Crippen molar-refractivity contribution >= 4 is 23.3 Å². The monoisotopic (exact) mass is 256 g/mol. The molecular formula is C11H16N2O3S. The molecule has 0 aliphatic heterocycles. The SMILES string of the molecule is CN(CCc1cccs1)C(=O)N(C)CC(=O)O. The molecule has 1 rings (SSSR count). The second-order valence-corrected chi connectivity index (χ2v) is 4.82. The number of carboxylic acid groups (broad SMARTS) is 1. The van der Waals surface area contributed by atoms with Gasteiger partial charge in [0.15, 0.2) is 0 Å². The lowest BCUT2D eigenvalue weighted by Gasteiger charge is -2.23. The van der Waals surface area contributed by atoms with E-state index >= 15 is 0 Å². The van der Waals surface area contributed by atoms with Gasteiger partial charge in [0.1, 0.15) is 6.54 Å². The van der Waals surface area contributed by atoms with Gasteiger partial charge >= 0.3 is 12.0 Å². The van der Waals surface area contributed by atoms with Gasteiger partial charge < -0.3 is 14.9 Å². The van der Waals surface area contributed by atoms with E-state index in [9.17, 15) is 9.59 Å². The van der Waals surface area contributed by atoms with Crippen LogP contribution in [0, 0.1) is 0 Å². The van der Waals surface area contributed by atoms with E-state index in [1.54, 1.807) is 18.4 Å². The molecule has 0 radical (unpaired) electrons. The van der Waals surface area contributed by atoms with Crippen LogP contribution < -0.4 is 0 Å². The normalized spacial score (nSPS) is 10.0. The molecule has 0 bridgehead atoms. The molecule has 5 nitrogen and oxygen atoms in total. The first-order chi connectivity index (χ1) is 8.00. The Hall–Kier alpha value is -1.56. The minimum absolute atomic E-state index is 0.274. The third-order valence-electron chi connectivity index (χ3n) is 2.30. The van der Waals surface area contributed by atoms with Gasteiger partial charge in [-0.15, -0.1) is 11.3 Å². The lowest BCUT2D eigenvalue weighted by Crippen LogP contribution is -2.41. The summed E-state index contributed by atoms with van der Waals surface area (Å²) < 4.78 is 0. The first-order valence-corrected chi connectivity index (χ1v) is 6.09. The average Bonchev–Trinajstić information content (AvgIpc) is 2.76. The highest BCUT2D eigenvalue weighted by molar-refractivity contribution is 7.09. The van der Waals surface area contributed by atoms with Crippen molar-refractivity contribution in [2.45, 2.75) is 6.42 Å². The predicted octanol–water partition coefficient (Wildman–Crippen LogP) is 1.36. The smallest absolute Gasteiger partial charge is 0.323 e. The number of aliphatic carboxylic acids is 1. The zero-order valence-corrected chi connectivity index (χ0v) is 10.7. The van der Waals surface area contributed by atoms with Gasteiger partial charge in [-0.05, 0) is 17.9 Å². The van der Waals surface area contributed by atoms with Crippen LogP contribution >= 0.6 is 11.3 Å². The molecule has 0 aliphatic carbocycles. The highest BCUT2D eigenvalue weighted by Crippen LogP contribution is 2.09. The molecule has 1 aromatic heterocycles. The molecule has 0 saturated carbocycles. The van der Waals surface area contributed by atoms with Gasteiger partial charge in [0.05, 0.1) is 0 Å². The van der Waals surface area contributed by atoms with Crippen LogP contribution in [0.1, 0.15) is 4.88 Å². The van der Waals surface area contributed by atoms with Gasteiger partial charge in [0.25, 0.3) is 0 Å². The fraction of sp³-hybridized carbons (Fsp3) is 0.455. The van der Waals surface area contributed by atoms with Gasteiger partial charge in [-0.25, -0.2) is 4.79 Å². The summed E-state index contributed by atoms with van der Waals surface area (Å²) in [7, 11) is 3.16. The number of amides is 2. The summed E-state index contributed by atoms with van der Waals surface area (Å²) in [6, 6.07) is 3.71. The predicted molar refractivity (Wildman–Crippen MR) is 66.3 cm³/mol. The number of hydrogen-bond acceptors (Lipinski definition) is 3. The first kappa shape index (κ1) is 13.5. The Morgan fingerprint density at radius 3 is 2.59 bits per heavy atom. The third-order valence-corrected chi connectivity index (χ3v) is 3.24. The van der Waals surface area contributed by atoms with E-state index < -0.39 is 5.97 Å². The number of carbonyl (C=O) groups excluding carboxylic acids is 1. The maximum absolute atomic E-state index is 11.7. The number of nitrogens with zero attached hydrogens (tertiary/aromatic N) is 2. The summed E-state index contributed by atoms with van der Waals surface area (Å²) in [6.45, 7) is 0.311. The third kappa shape index (κ3) is 4.44. The fourth-order valence-corrected chi connectivity index (χ4v) is 2.09.